The molecule has 0 radical (unpaired) electrons. The highest BCUT2D eigenvalue weighted by Crippen LogP contribution is 2.28. The lowest BCUT2D eigenvalue weighted by Gasteiger charge is -2.43. The van der Waals surface area contributed by atoms with E-state index in [0.717, 1.165) is 38.3 Å². The summed E-state index contributed by atoms with van der Waals surface area (Å²) in [5, 5.41) is 14.2. The molecule has 2 N–H and O–H groups in total. The van der Waals surface area contributed by atoms with E-state index < -0.39 is 15.9 Å². The molecule has 0 aliphatic carbocycles. The number of nitrogens with zero attached hydrogens (tertiary/aromatic N) is 4. The highest BCUT2D eigenvalue weighted by molar-refractivity contribution is 7.90. The van der Waals surface area contributed by atoms with E-state index in [0.29, 0.717) is 18.1 Å². The van der Waals surface area contributed by atoms with Gasteiger partial charge in [-0.25, -0.2) is 18.4 Å². The first-order valence-corrected chi connectivity index (χ1v) is 13.4. The third-order valence-corrected chi connectivity index (χ3v) is 7.80. The van der Waals surface area contributed by atoms with Crippen molar-refractivity contribution in [3.05, 3.63) is 72.1 Å². The van der Waals surface area contributed by atoms with Crippen LogP contribution in [0, 0.1) is 0 Å². The zero-order valence-corrected chi connectivity index (χ0v) is 19.9. The first-order chi connectivity index (χ1) is 16.4. The summed E-state index contributed by atoms with van der Waals surface area (Å²) in [6.07, 6.45) is 4.07. The number of benzene rings is 2. The summed E-state index contributed by atoms with van der Waals surface area (Å²) >= 11 is 0. The number of aliphatic hydroxyl groups is 1. The van der Waals surface area contributed by atoms with Crippen molar-refractivity contribution in [3.8, 4) is 0 Å². The zero-order chi connectivity index (χ0) is 23.7. The number of aromatic nitrogens is 2. The minimum atomic E-state index is -3.29. The summed E-state index contributed by atoms with van der Waals surface area (Å²) in [5.41, 5.74) is 3.40. The predicted octanol–water partition coefficient (Wildman–Crippen LogP) is 2.62. The van der Waals surface area contributed by atoms with Crippen molar-refractivity contribution >= 4 is 27.2 Å². The Labute approximate surface area is 200 Å². The number of nitrogens with one attached hydrogen (secondary N) is 1. The molecule has 178 valence electrons. The standard InChI is InChI=1S/C25H29N5O3S/c1-34(32,33)21-8-4-7-20(13-21)28-24-14-25(27-17-26-24)30-12-10-22(23(31)16-30)29-11-9-18-5-2-3-6-19(18)15-29/h2-8,13-14,17,22-23,31H,9-12,15-16H2,1H3,(H,26,27,28). The first kappa shape index (κ1) is 22.8. The predicted molar refractivity (Wildman–Crippen MR) is 132 cm³/mol. The Morgan fingerprint density at radius 3 is 2.65 bits per heavy atom. The van der Waals surface area contributed by atoms with Crippen LogP contribution in [0.25, 0.3) is 0 Å². The number of hydrogen-bond donors (Lipinski definition) is 2. The number of piperidine rings is 1. The molecular formula is C25H29N5O3S. The smallest absolute Gasteiger partial charge is 0.175 e. The van der Waals surface area contributed by atoms with Gasteiger partial charge in [-0.1, -0.05) is 30.3 Å². The van der Waals surface area contributed by atoms with E-state index in [4.69, 9.17) is 0 Å². The Morgan fingerprint density at radius 2 is 1.85 bits per heavy atom. The summed E-state index contributed by atoms with van der Waals surface area (Å²) in [5.74, 6) is 1.30. The van der Waals surface area contributed by atoms with Crippen molar-refractivity contribution in [2.24, 2.45) is 0 Å². The van der Waals surface area contributed by atoms with Gasteiger partial charge in [-0.05, 0) is 42.2 Å². The number of aliphatic hydroxyl groups excluding tert-OH is 1. The Morgan fingerprint density at radius 1 is 1.03 bits per heavy atom. The van der Waals surface area contributed by atoms with Gasteiger partial charge in [-0.15, -0.1) is 0 Å². The van der Waals surface area contributed by atoms with Crippen LogP contribution >= 0.6 is 0 Å². The lowest BCUT2D eigenvalue weighted by Crippen LogP contribution is -2.55. The van der Waals surface area contributed by atoms with E-state index in [1.54, 1.807) is 24.3 Å². The maximum Gasteiger partial charge on any atom is 0.175 e. The van der Waals surface area contributed by atoms with Crippen LogP contribution in [-0.2, 0) is 22.8 Å². The van der Waals surface area contributed by atoms with Gasteiger partial charge in [-0.3, -0.25) is 4.90 Å². The molecule has 2 aliphatic heterocycles. The van der Waals surface area contributed by atoms with Gasteiger partial charge in [0.15, 0.2) is 9.84 Å². The molecule has 3 aromatic rings. The summed E-state index contributed by atoms with van der Waals surface area (Å²) in [6, 6.07) is 17.2. The van der Waals surface area contributed by atoms with E-state index in [1.807, 2.05) is 6.07 Å². The summed E-state index contributed by atoms with van der Waals surface area (Å²) < 4.78 is 23.7. The van der Waals surface area contributed by atoms with E-state index in [-0.39, 0.29) is 10.9 Å². The second kappa shape index (κ2) is 9.32. The number of hydrogen-bond acceptors (Lipinski definition) is 8. The molecule has 5 rings (SSSR count). The van der Waals surface area contributed by atoms with Gasteiger partial charge in [0.05, 0.1) is 11.0 Å². The zero-order valence-electron chi connectivity index (χ0n) is 19.1. The SMILES string of the molecule is CS(=O)(=O)c1cccc(Nc2cc(N3CCC(N4CCc5ccccc5C4)C(O)C3)ncn2)c1. The van der Waals surface area contributed by atoms with Crippen LogP contribution < -0.4 is 10.2 Å². The number of rotatable bonds is 5. The molecule has 0 amide bonds. The van der Waals surface area contributed by atoms with Crippen molar-refractivity contribution in [3.63, 3.8) is 0 Å². The molecule has 0 bridgehead atoms. The van der Waals surface area contributed by atoms with Crippen LogP contribution in [0.3, 0.4) is 0 Å². The molecule has 0 spiro atoms. The summed E-state index contributed by atoms with van der Waals surface area (Å²) in [6.45, 7) is 3.14. The van der Waals surface area contributed by atoms with Gasteiger partial charge in [0.2, 0.25) is 0 Å². The molecule has 0 saturated carbocycles. The fourth-order valence-electron chi connectivity index (χ4n) is 4.89. The molecule has 1 fully saturated rings. The topological polar surface area (TPSA) is 98.7 Å². The van der Waals surface area contributed by atoms with Gasteiger partial charge < -0.3 is 15.3 Å². The molecule has 34 heavy (non-hydrogen) atoms. The summed E-state index contributed by atoms with van der Waals surface area (Å²) in [4.78, 5) is 13.4. The molecule has 3 heterocycles. The van der Waals surface area contributed by atoms with Crippen molar-refractivity contribution in [2.75, 3.05) is 36.1 Å². The maximum absolute atomic E-state index is 11.8. The largest absolute Gasteiger partial charge is 0.390 e. The Balaban J connectivity index is 1.25. The number of anilines is 3. The fourth-order valence-corrected chi connectivity index (χ4v) is 5.56. The van der Waals surface area contributed by atoms with Crippen molar-refractivity contribution in [1.29, 1.82) is 0 Å². The molecule has 2 aliphatic rings. The molecular weight excluding hydrogens is 450 g/mol. The van der Waals surface area contributed by atoms with Gasteiger partial charge in [0.1, 0.15) is 18.0 Å². The molecule has 2 unspecified atom stereocenters. The minimum absolute atomic E-state index is 0.128. The minimum Gasteiger partial charge on any atom is -0.390 e. The van der Waals surface area contributed by atoms with Crippen LogP contribution in [0.1, 0.15) is 17.5 Å². The van der Waals surface area contributed by atoms with Crippen LogP contribution in [-0.4, -0.2) is 66.4 Å². The third kappa shape index (κ3) is 4.91. The van der Waals surface area contributed by atoms with Crippen molar-refractivity contribution < 1.29 is 13.5 Å². The lowest BCUT2D eigenvalue weighted by molar-refractivity contribution is 0.0293. The van der Waals surface area contributed by atoms with Crippen LogP contribution in [0.5, 0.6) is 0 Å². The quantitative estimate of drug-likeness (QED) is 0.576. The van der Waals surface area contributed by atoms with Gasteiger partial charge in [-0.2, -0.15) is 0 Å². The van der Waals surface area contributed by atoms with Crippen molar-refractivity contribution in [2.45, 2.75) is 36.4 Å². The maximum atomic E-state index is 11.8. The van der Waals surface area contributed by atoms with E-state index in [2.05, 4.69) is 49.4 Å². The fraction of sp³-hybridized carbons (Fsp3) is 0.360. The number of fused-ring (bicyclic) bond motifs is 1. The van der Waals surface area contributed by atoms with Crippen LogP contribution in [0.15, 0.2) is 65.8 Å². The highest BCUT2D eigenvalue weighted by atomic mass is 32.2. The van der Waals surface area contributed by atoms with E-state index in [1.165, 1.54) is 23.7 Å². The molecule has 9 heteroatoms. The second-order valence-electron chi connectivity index (χ2n) is 9.05. The average Bonchev–Trinajstić information content (AvgIpc) is 2.83. The highest BCUT2D eigenvalue weighted by Gasteiger charge is 2.34. The van der Waals surface area contributed by atoms with E-state index >= 15 is 0 Å². The van der Waals surface area contributed by atoms with Crippen LogP contribution in [0.2, 0.25) is 0 Å². The average molecular weight is 480 g/mol. The molecule has 2 aromatic carbocycles. The van der Waals surface area contributed by atoms with Gasteiger partial charge in [0, 0.05) is 50.2 Å². The van der Waals surface area contributed by atoms with Gasteiger partial charge in [0.25, 0.3) is 0 Å². The molecule has 1 saturated heterocycles. The molecule has 8 nitrogen and oxygen atoms in total. The van der Waals surface area contributed by atoms with Crippen LogP contribution in [0.4, 0.5) is 17.3 Å². The Bertz CT molecular complexity index is 1280. The van der Waals surface area contributed by atoms with Gasteiger partial charge >= 0.3 is 0 Å². The second-order valence-corrected chi connectivity index (χ2v) is 11.1. The monoisotopic (exact) mass is 479 g/mol. The van der Waals surface area contributed by atoms with Crippen molar-refractivity contribution in [1.82, 2.24) is 14.9 Å². The third-order valence-electron chi connectivity index (χ3n) is 6.69. The Hall–Kier alpha value is -3.01. The molecule has 1 aromatic heterocycles. The number of sulfone groups is 1. The number of β-amino-alcohol motifs (C(OH)–C–C–N with tert-alkyl or cyclic N) is 1. The molecule has 2 atom stereocenters. The normalized spacial score (nSPS) is 21.2. The lowest BCUT2D eigenvalue weighted by atomic mass is 9.94. The summed E-state index contributed by atoms with van der Waals surface area (Å²) in [7, 11) is -3.29. The van der Waals surface area contributed by atoms with E-state index in [9.17, 15) is 13.5 Å². The Kier molecular flexibility index (Phi) is 6.24. The first-order valence-electron chi connectivity index (χ1n) is 11.5.